The Kier molecular flexibility index (Phi) is 3.64. The van der Waals surface area contributed by atoms with Crippen molar-refractivity contribution in [2.24, 2.45) is 0 Å². The van der Waals surface area contributed by atoms with E-state index in [2.05, 4.69) is 0 Å². The smallest absolute Gasteiger partial charge is 0.305 e. The predicted molar refractivity (Wildman–Crippen MR) is 65.7 cm³/mol. The summed E-state index contributed by atoms with van der Waals surface area (Å²) in [6, 6.07) is 3.47. The molecule has 1 aromatic rings. The van der Waals surface area contributed by atoms with Crippen LogP contribution >= 0.6 is 0 Å². The molecular formula is C12H13FN2O4. The van der Waals surface area contributed by atoms with Crippen LogP contribution in [0.4, 0.5) is 15.8 Å². The van der Waals surface area contributed by atoms with Crippen molar-refractivity contribution in [1.82, 2.24) is 0 Å². The summed E-state index contributed by atoms with van der Waals surface area (Å²) >= 11 is 0. The number of benzene rings is 1. The highest BCUT2D eigenvalue weighted by Gasteiger charge is 2.33. The predicted octanol–water partition coefficient (Wildman–Crippen LogP) is 2.18. The van der Waals surface area contributed by atoms with Crippen LogP contribution in [-0.4, -0.2) is 28.6 Å². The zero-order chi connectivity index (χ0) is 14.0. The van der Waals surface area contributed by atoms with E-state index in [-0.39, 0.29) is 30.4 Å². The highest BCUT2D eigenvalue weighted by atomic mass is 19.1. The zero-order valence-corrected chi connectivity index (χ0v) is 10.1. The molecule has 0 heterocycles. The lowest BCUT2D eigenvalue weighted by molar-refractivity contribution is -0.384. The van der Waals surface area contributed by atoms with Crippen LogP contribution in [-0.2, 0) is 4.79 Å². The topological polar surface area (TPSA) is 83.7 Å². The molecule has 0 aromatic heterocycles. The van der Waals surface area contributed by atoms with Crippen molar-refractivity contribution < 1.29 is 19.2 Å². The normalized spacial score (nSPS) is 14.2. The standard InChI is InChI=1S/C12H13FN2O4/c13-8-1-4-10(11(7-8)15(18)19)14(9-2-3-9)6-5-12(16)17/h1,4,7,9H,2-3,5-6H2,(H,16,17). The fourth-order valence-electron chi connectivity index (χ4n) is 1.99. The number of nitrogens with zero attached hydrogens (tertiary/aromatic N) is 2. The second kappa shape index (κ2) is 5.21. The van der Waals surface area contributed by atoms with Crippen molar-refractivity contribution in [2.45, 2.75) is 25.3 Å². The quantitative estimate of drug-likeness (QED) is 0.631. The lowest BCUT2D eigenvalue weighted by Gasteiger charge is -2.23. The van der Waals surface area contributed by atoms with E-state index in [4.69, 9.17) is 5.11 Å². The molecule has 1 N–H and O–H groups in total. The second-order valence-corrected chi connectivity index (χ2v) is 4.46. The molecule has 0 amide bonds. The van der Waals surface area contributed by atoms with Crippen LogP contribution in [0.5, 0.6) is 0 Å². The maximum atomic E-state index is 13.1. The minimum absolute atomic E-state index is 0.106. The van der Waals surface area contributed by atoms with E-state index in [1.54, 1.807) is 4.90 Å². The summed E-state index contributed by atoms with van der Waals surface area (Å²) in [7, 11) is 0. The van der Waals surface area contributed by atoms with Gasteiger partial charge in [-0.2, -0.15) is 0 Å². The molecule has 0 bridgehead atoms. The fraction of sp³-hybridized carbons (Fsp3) is 0.417. The molecule has 1 saturated carbocycles. The number of halogens is 1. The van der Waals surface area contributed by atoms with Gasteiger partial charge >= 0.3 is 5.97 Å². The first kappa shape index (κ1) is 13.3. The molecular weight excluding hydrogens is 255 g/mol. The van der Waals surface area contributed by atoms with Crippen LogP contribution in [0, 0.1) is 15.9 Å². The number of hydrogen-bond acceptors (Lipinski definition) is 4. The Morgan fingerprint density at radius 2 is 2.21 bits per heavy atom. The molecule has 1 aromatic carbocycles. The highest BCUT2D eigenvalue weighted by Crippen LogP contribution is 2.37. The van der Waals surface area contributed by atoms with E-state index in [1.807, 2.05) is 0 Å². The van der Waals surface area contributed by atoms with Gasteiger partial charge in [0.2, 0.25) is 0 Å². The average molecular weight is 268 g/mol. The van der Waals surface area contributed by atoms with Gasteiger partial charge in [0.15, 0.2) is 0 Å². The Labute approximate surface area is 108 Å². The average Bonchev–Trinajstić information content (AvgIpc) is 3.14. The number of aliphatic carboxylic acids is 1. The Balaban J connectivity index is 2.30. The van der Waals surface area contributed by atoms with Gasteiger partial charge in [0.25, 0.3) is 5.69 Å². The van der Waals surface area contributed by atoms with Crippen molar-refractivity contribution in [3.63, 3.8) is 0 Å². The first-order chi connectivity index (χ1) is 8.99. The third-order valence-electron chi connectivity index (χ3n) is 3.00. The molecule has 0 aliphatic heterocycles. The van der Waals surface area contributed by atoms with Gasteiger partial charge in [0, 0.05) is 12.6 Å². The summed E-state index contributed by atoms with van der Waals surface area (Å²) < 4.78 is 13.1. The van der Waals surface area contributed by atoms with Gasteiger partial charge < -0.3 is 10.0 Å². The third kappa shape index (κ3) is 3.18. The molecule has 19 heavy (non-hydrogen) atoms. The van der Waals surface area contributed by atoms with Gasteiger partial charge in [-0.1, -0.05) is 0 Å². The first-order valence-corrected chi connectivity index (χ1v) is 5.91. The largest absolute Gasteiger partial charge is 0.481 e. The summed E-state index contributed by atoms with van der Waals surface area (Å²) in [5.41, 5.74) is -0.0348. The lowest BCUT2D eigenvalue weighted by Crippen LogP contribution is -2.29. The number of hydrogen-bond donors (Lipinski definition) is 1. The summed E-state index contributed by atoms with van der Waals surface area (Å²) in [5.74, 6) is -1.64. The van der Waals surface area contributed by atoms with E-state index in [0.717, 1.165) is 25.0 Å². The first-order valence-electron chi connectivity index (χ1n) is 5.91. The van der Waals surface area contributed by atoms with Crippen LogP contribution in [0.2, 0.25) is 0 Å². The second-order valence-electron chi connectivity index (χ2n) is 4.46. The number of carboxylic acids is 1. The number of rotatable bonds is 6. The van der Waals surface area contributed by atoms with Gasteiger partial charge in [0.05, 0.1) is 17.4 Å². The zero-order valence-electron chi connectivity index (χ0n) is 10.1. The highest BCUT2D eigenvalue weighted by molar-refractivity contribution is 5.69. The number of anilines is 1. The maximum Gasteiger partial charge on any atom is 0.305 e. The SMILES string of the molecule is O=C(O)CCN(c1ccc(F)cc1[N+](=O)[O-])C1CC1. The van der Waals surface area contributed by atoms with E-state index < -0.39 is 16.7 Å². The van der Waals surface area contributed by atoms with Gasteiger partial charge in [-0.25, -0.2) is 4.39 Å². The van der Waals surface area contributed by atoms with Crippen LogP contribution < -0.4 is 4.90 Å². The van der Waals surface area contributed by atoms with Crippen LogP contribution in [0.1, 0.15) is 19.3 Å². The van der Waals surface area contributed by atoms with Gasteiger partial charge in [-0.3, -0.25) is 14.9 Å². The molecule has 1 aliphatic rings. The van der Waals surface area contributed by atoms with Crippen LogP contribution in [0.25, 0.3) is 0 Å². The summed E-state index contributed by atoms with van der Waals surface area (Å²) in [5, 5.41) is 19.7. The molecule has 1 aliphatic carbocycles. The van der Waals surface area contributed by atoms with Crippen molar-refractivity contribution in [1.29, 1.82) is 0 Å². The van der Waals surface area contributed by atoms with E-state index in [1.165, 1.54) is 6.07 Å². The Hall–Kier alpha value is -2.18. The fourth-order valence-corrected chi connectivity index (χ4v) is 1.99. The van der Waals surface area contributed by atoms with E-state index in [0.29, 0.717) is 0 Å². The molecule has 0 spiro atoms. The molecule has 102 valence electrons. The number of carbonyl (C=O) groups is 1. The van der Waals surface area contributed by atoms with Gasteiger partial charge in [0.1, 0.15) is 11.5 Å². The summed E-state index contributed by atoms with van der Waals surface area (Å²) in [6.07, 6.45) is 1.63. The molecule has 0 radical (unpaired) electrons. The Morgan fingerprint density at radius 3 is 2.74 bits per heavy atom. The van der Waals surface area contributed by atoms with Gasteiger partial charge in [-0.05, 0) is 25.0 Å². The third-order valence-corrected chi connectivity index (χ3v) is 3.00. The lowest BCUT2D eigenvalue weighted by atomic mass is 10.2. The maximum absolute atomic E-state index is 13.1. The van der Waals surface area contributed by atoms with Crippen molar-refractivity contribution >= 4 is 17.3 Å². The molecule has 7 heteroatoms. The van der Waals surface area contributed by atoms with E-state index >= 15 is 0 Å². The van der Waals surface area contributed by atoms with E-state index in [9.17, 15) is 19.3 Å². The van der Waals surface area contributed by atoms with Crippen LogP contribution in [0.15, 0.2) is 18.2 Å². The molecule has 0 atom stereocenters. The molecule has 1 fully saturated rings. The minimum atomic E-state index is -0.963. The van der Waals surface area contributed by atoms with Crippen molar-refractivity contribution in [3.05, 3.63) is 34.1 Å². The number of nitro benzene ring substituents is 1. The Bertz CT molecular complexity index is 516. The number of carboxylic acid groups (broad SMARTS) is 1. The van der Waals surface area contributed by atoms with Crippen molar-refractivity contribution in [3.8, 4) is 0 Å². The Morgan fingerprint density at radius 1 is 1.53 bits per heavy atom. The van der Waals surface area contributed by atoms with Gasteiger partial charge in [-0.15, -0.1) is 0 Å². The summed E-state index contributed by atoms with van der Waals surface area (Å²) in [4.78, 5) is 22.6. The molecule has 6 nitrogen and oxygen atoms in total. The molecule has 0 saturated heterocycles. The molecule has 0 unspecified atom stereocenters. The monoisotopic (exact) mass is 268 g/mol. The number of nitro groups is 1. The van der Waals surface area contributed by atoms with Crippen molar-refractivity contribution in [2.75, 3.05) is 11.4 Å². The molecule has 2 rings (SSSR count). The van der Waals surface area contributed by atoms with Crippen LogP contribution in [0.3, 0.4) is 0 Å². The summed E-state index contributed by atoms with van der Waals surface area (Å²) in [6.45, 7) is 0.187. The minimum Gasteiger partial charge on any atom is -0.481 e.